The van der Waals surface area contributed by atoms with Crippen LogP contribution in [0.5, 0.6) is 5.75 Å². The average Bonchev–Trinajstić information content (AvgIpc) is 3.03. The van der Waals surface area contributed by atoms with Gasteiger partial charge in [-0.3, -0.25) is 4.79 Å². The Kier molecular flexibility index (Phi) is 5.24. The fraction of sp³-hybridized carbons (Fsp3) is 0.444. The Labute approximate surface area is 151 Å². The molecule has 2 heterocycles. The summed E-state index contributed by atoms with van der Waals surface area (Å²) in [5.41, 5.74) is 7.13. The lowest BCUT2D eigenvalue weighted by Gasteiger charge is -2.36. The summed E-state index contributed by atoms with van der Waals surface area (Å²) in [5, 5.41) is 12.3. The normalized spacial score (nSPS) is 20.7. The Morgan fingerprint density at radius 2 is 2.28 bits per heavy atom. The van der Waals surface area contributed by atoms with Crippen LogP contribution in [0.15, 0.2) is 29.6 Å². The zero-order chi connectivity index (χ0) is 18.0. The third-order valence-corrected chi connectivity index (χ3v) is 5.04. The van der Waals surface area contributed by atoms with Crippen molar-refractivity contribution in [3.05, 3.63) is 40.9 Å². The summed E-state index contributed by atoms with van der Waals surface area (Å²) in [7, 11) is 0. The van der Waals surface area contributed by atoms with E-state index in [-0.39, 0.29) is 5.91 Å². The Hall–Kier alpha value is -2.12. The molecule has 0 bridgehead atoms. The molecule has 0 unspecified atom stereocenters. The number of aliphatic hydroxyl groups excluding tert-OH is 1. The highest BCUT2D eigenvalue weighted by atomic mass is 32.1. The third kappa shape index (κ3) is 4.11. The van der Waals surface area contributed by atoms with Gasteiger partial charge in [0.1, 0.15) is 17.5 Å². The van der Waals surface area contributed by atoms with Crippen LogP contribution in [0.1, 0.15) is 42.2 Å². The molecule has 1 aromatic carbocycles. The second-order valence-corrected chi connectivity index (χ2v) is 7.45. The molecule has 6 nitrogen and oxygen atoms in total. The molecule has 2 aromatic rings. The Morgan fingerprint density at radius 3 is 2.96 bits per heavy atom. The van der Waals surface area contributed by atoms with Gasteiger partial charge >= 0.3 is 0 Å². The molecule has 1 aliphatic heterocycles. The molecule has 1 aliphatic rings. The average molecular weight is 361 g/mol. The summed E-state index contributed by atoms with van der Waals surface area (Å²) in [5.74, 6) is 0.930. The van der Waals surface area contributed by atoms with Crippen LogP contribution in [0.2, 0.25) is 0 Å². The first-order valence-corrected chi connectivity index (χ1v) is 9.27. The lowest BCUT2D eigenvalue weighted by molar-refractivity contribution is -0.0194. The predicted octanol–water partition coefficient (Wildman–Crippen LogP) is 2.50. The van der Waals surface area contributed by atoms with Gasteiger partial charge in [0.15, 0.2) is 5.13 Å². The van der Waals surface area contributed by atoms with Crippen molar-refractivity contribution in [1.29, 1.82) is 0 Å². The number of anilines is 1. The van der Waals surface area contributed by atoms with Crippen LogP contribution in [-0.2, 0) is 0 Å². The van der Waals surface area contributed by atoms with E-state index >= 15 is 0 Å². The van der Waals surface area contributed by atoms with Crippen molar-refractivity contribution in [2.24, 2.45) is 0 Å². The maximum atomic E-state index is 12.5. The minimum atomic E-state index is -0.604. The van der Waals surface area contributed by atoms with E-state index in [1.165, 1.54) is 16.9 Å². The molecule has 1 saturated heterocycles. The Morgan fingerprint density at radius 1 is 1.48 bits per heavy atom. The molecule has 25 heavy (non-hydrogen) atoms. The van der Waals surface area contributed by atoms with Gasteiger partial charge in [0.05, 0.1) is 12.6 Å². The molecular formula is C18H23N3O3S. The number of nitrogens with two attached hydrogens (primary N) is 1. The smallest absolute Gasteiger partial charge is 0.273 e. The van der Waals surface area contributed by atoms with Crippen molar-refractivity contribution in [3.8, 4) is 5.75 Å². The van der Waals surface area contributed by atoms with E-state index in [0.717, 1.165) is 0 Å². The molecule has 0 radical (unpaired) electrons. The van der Waals surface area contributed by atoms with Crippen molar-refractivity contribution in [2.45, 2.75) is 38.4 Å². The highest BCUT2D eigenvalue weighted by Gasteiger charge is 2.33. The Bertz CT molecular complexity index is 747. The Balaban J connectivity index is 1.70. The van der Waals surface area contributed by atoms with Gasteiger partial charge in [-0.25, -0.2) is 4.98 Å². The van der Waals surface area contributed by atoms with E-state index < -0.39 is 12.2 Å². The summed E-state index contributed by atoms with van der Waals surface area (Å²) in [6, 6.07) is 7.86. The number of piperidine rings is 1. The van der Waals surface area contributed by atoms with E-state index in [2.05, 4.69) is 24.9 Å². The maximum Gasteiger partial charge on any atom is 0.273 e. The van der Waals surface area contributed by atoms with Gasteiger partial charge in [-0.1, -0.05) is 26.0 Å². The van der Waals surface area contributed by atoms with E-state index in [1.54, 1.807) is 10.3 Å². The number of carbonyl (C=O) groups is 1. The van der Waals surface area contributed by atoms with Crippen molar-refractivity contribution in [2.75, 3.05) is 18.8 Å². The van der Waals surface area contributed by atoms with E-state index in [4.69, 9.17) is 10.5 Å². The zero-order valence-electron chi connectivity index (χ0n) is 14.4. The van der Waals surface area contributed by atoms with Crippen molar-refractivity contribution in [3.63, 3.8) is 0 Å². The quantitative estimate of drug-likeness (QED) is 0.873. The summed E-state index contributed by atoms with van der Waals surface area (Å²) in [6.07, 6.45) is -0.594. The molecule has 2 atom stereocenters. The van der Waals surface area contributed by atoms with Crippen LogP contribution < -0.4 is 10.5 Å². The first kappa shape index (κ1) is 17.7. The monoisotopic (exact) mass is 361 g/mol. The van der Waals surface area contributed by atoms with E-state index in [9.17, 15) is 9.90 Å². The highest BCUT2D eigenvalue weighted by Crippen LogP contribution is 2.24. The largest absolute Gasteiger partial charge is 0.486 e. The van der Waals surface area contributed by atoms with Gasteiger partial charge in [0.2, 0.25) is 0 Å². The summed E-state index contributed by atoms with van der Waals surface area (Å²) in [4.78, 5) is 18.2. The number of amides is 1. The minimum absolute atomic E-state index is 0.176. The van der Waals surface area contributed by atoms with Crippen LogP contribution in [0.25, 0.3) is 0 Å². The lowest BCUT2D eigenvalue weighted by atomic mass is 10.0. The summed E-state index contributed by atoms with van der Waals surface area (Å²) >= 11 is 1.24. The predicted molar refractivity (Wildman–Crippen MR) is 98.0 cm³/mol. The van der Waals surface area contributed by atoms with Gasteiger partial charge in [0, 0.05) is 11.9 Å². The van der Waals surface area contributed by atoms with Crippen LogP contribution in [0, 0.1) is 0 Å². The topological polar surface area (TPSA) is 88.7 Å². The molecule has 1 aromatic heterocycles. The van der Waals surface area contributed by atoms with Gasteiger partial charge in [-0.05, 0) is 30.0 Å². The molecule has 1 amide bonds. The molecule has 0 spiro atoms. The molecule has 0 saturated carbocycles. The highest BCUT2D eigenvalue weighted by molar-refractivity contribution is 7.13. The van der Waals surface area contributed by atoms with Crippen molar-refractivity contribution >= 4 is 22.4 Å². The fourth-order valence-electron chi connectivity index (χ4n) is 2.87. The van der Waals surface area contributed by atoms with Crippen molar-refractivity contribution < 1.29 is 14.6 Å². The number of nitrogen functional groups attached to an aromatic ring is 1. The number of nitrogens with zero attached hydrogens (tertiary/aromatic N) is 2. The SMILES string of the molecule is CC(C)c1cccc(O[C@@H]2CN(C(=O)c3csc(N)n3)CC[C@H]2O)c1. The van der Waals surface area contributed by atoms with Crippen LogP contribution in [0.3, 0.4) is 0 Å². The van der Waals surface area contributed by atoms with Gasteiger partial charge in [0.25, 0.3) is 5.91 Å². The second-order valence-electron chi connectivity index (χ2n) is 6.56. The molecule has 7 heteroatoms. The summed E-state index contributed by atoms with van der Waals surface area (Å²) < 4.78 is 5.99. The second kappa shape index (κ2) is 7.41. The molecule has 134 valence electrons. The van der Waals surface area contributed by atoms with E-state index in [1.807, 2.05) is 18.2 Å². The first-order chi connectivity index (χ1) is 11.9. The van der Waals surface area contributed by atoms with E-state index in [0.29, 0.717) is 42.0 Å². The summed E-state index contributed by atoms with van der Waals surface area (Å²) in [6.45, 7) is 5.04. The van der Waals surface area contributed by atoms with Crippen LogP contribution in [0.4, 0.5) is 5.13 Å². The standard InChI is InChI=1S/C18H23N3O3S/c1-11(2)12-4-3-5-13(8-12)24-16-9-21(7-6-15(16)22)17(23)14-10-25-18(19)20-14/h3-5,8,10-11,15-16,22H,6-7,9H2,1-2H3,(H2,19,20)/t15-,16-/m1/s1. The number of rotatable bonds is 4. The number of aliphatic hydroxyl groups is 1. The van der Waals surface area contributed by atoms with Gasteiger partial charge in [-0.2, -0.15) is 0 Å². The van der Waals surface area contributed by atoms with Crippen LogP contribution in [-0.4, -0.2) is 46.2 Å². The fourth-order valence-corrected chi connectivity index (χ4v) is 3.41. The number of aromatic nitrogens is 1. The number of benzene rings is 1. The first-order valence-electron chi connectivity index (χ1n) is 8.39. The molecule has 0 aliphatic carbocycles. The molecule has 1 fully saturated rings. The number of hydrogen-bond acceptors (Lipinski definition) is 6. The number of hydrogen-bond donors (Lipinski definition) is 2. The number of likely N-dealkylation sites (tertiary alicyclic amines) is 1. The third-order valence-electron chi connectivity index (χ3n) is 4.36. The van der Waals surface area contributed by atoms with Gasteiger partial charge in [-0.15, -0.1) is 11.3 Å². The molecule has 3 N–H and O–H groups in total. The molecule has 3 rings (SSSR count). The number of ether oxygens (including phenoxy) is 1. The van der Waals surface area contributed by atoms with Crippen molar-refractivity contribution in [1.82, 2.24) is 9.88 Å². The maximum absolute atomic E-state index is 12.5. The van der Waals surface area contributed by atoms with Crippen LogP contribution >= 0.6 is 11.3 Å². The number of carbonyl (C=O) groups excluding carboxylic acids is 1. The lowest BCUT2D eigenvalue weighted by Crippen LogP contribution is -2.51. The zero-order valence-corrected chi connectivity index (χ0v) is 15.2. The van der Waals surface area contributed by atoms with Gasteiger partial charge < -0.3 is 20.5 Å². The number of thiazole rings is 1. The minimum Gasteiger partial charge on any atom is -0.486 e. The molecular weight excluding hydrogens is 338 g/mol.